The average molecular weight is 171 g/mol. The second-order valence-electron chi connectivity index (χ2n) is 2.88. The maximum atomic E-state index is 5.61. The summed E-state index contributed by atoms with van der Waals surface area (Å²) in [6, 6.07) is 0.320. The molecule has 11 heavy (non-hydrogen) atoms. The van der Waals surface area contributed by atoms with Gasteiger partial charge in [-0.05, 0) is 25.1 Å². The van der Waals surface area contributed by atoms with Crippen LogP contribution in [0.1, 0.15) is 24.7 Å². The number of nitrogens with two attached hydrogens (primary N) is 1. The lowest BCUT2D eigenvalue weighted by molar-refractivity contribution is 0.291. The Labute approximate surface area is 68.8 Å². The summed E-state index contributed by atoms with van der Waals surface area (Å²) in [4.78, 5) is 0.348. The first-order valence-corrected chi connectivity index (χ1v) is 3.97. The van der Waals surface area contributed by atoms with E-state index < -0.39 is 0 Å². The number of H-pyrrole nitrogens is 1. The van der Waals surface area contributed by atoms with Gasteiger partial charge in [0.15, 0.2) is 0 Å². The summed E-state index contributed by atoms with van der Waals surface area (Å²) < 4.78 is 5.13. The SMILES string of the molecule is NC1CC(c2n[nH]c(=S)o2)C1. The van der Waals surface area contributed by atoms with E-state index >= 15 is 0 Å². The number of nitrogens with zero attached hydrogens (tertiary/aromatic N) is 1. The maximum Gasteiger partial charge on any atom is 0.284 e. The first-order chi connectivity index (χ1) is 5.25. The van der Waals surface area contributed by atoms with E-state index in [0.29, 0.717) is 22.7 Å². The van der Waals surface area contributed by atoms with Crippen molar-refractivity contribution in [1.82, 2.24) is 10.2 Å². The monoisotopic (exact) mass is 171 g/mol. The van der Waals surface area contributed by atoms with Crippen LogP contribution in [0, 0.1) is 4.84 Å². The fourth-order valence-electron chi connectivity index (χ4n) is 1.28. The van der Waals surface area contributed by atoms with E-state index in [2.05, 4.69) is 10.2 Å². The van der Waals surface area contributed by atoms with Crippen molar-refractivity contribution in [2.24, 2.45) is 5.73 Å². The first kappa shape index (κ1) is 7.00. The van der Waals surface area contributed by atoms with Crippen LogP contribution in [0.5, 0.6) is 0 Å². The largest absolute Gasteiger partial charge is 0.414 e. The van der Waals surface area contributed by atoms with Crippen molar-refractivity contribution in [3.05, 3.63) is 10.7 Å². The zero-order chi connectivity index (χ0) is 7.84. The highest BCUT2D eigenvalue weighted by Gasteiger charge is 2.30. The average Bonchev–Trinajstić information content (AvgIpc) is 2.29. The van der Waals surface area contributed by atoms with Gasteiger partial charge in [-0.1, -0.05) is 0 Å². The van der Waals surface area contributed by atoms with Crippen molar-refractivity contribution in [3.63, 3.8) is 0 Å². The summed E-state index contributed by atoms with van der Waals surface area (Å²) in [5.74, 6) is 1.09. The lowest BCUT2D eigenvalue weighted by Crippen LogP contribution is -2.34. The van der Waals surface area contributed by atoms with Gasteiger partial charge in [-0.2, -0.15) is 0 Å². The smallest absolute Gasteiger partial charge is 0.284 e. The van der Waals surface area contributed by atoms with E-state index in [1.54, 1.807) is 0 Å². The fraction of sp³-hybridized carbons (Fsp3) is 0.667. The normalized spacial score (nSPS) is 29.9. The van der Waals surface area contributed by atoms with Crippen LogP contribution in [-0.2, 0) is 0 Å². The van der Waals surface area contributed by atoms with Gasteiger partial charge in [0.25, 0.3) is 4.84 Å². The van der Waals surface area contributed by atoms with Gasteiger partial charge < -0.3 is 10.2 Å². The van der Waals surface area contributed by atoms with Crippen molar-refractivity contribution in [2.75, 3.05) is 0 Å². The molecule has 1 fully saturated rings. The minimum absolute atomic E-state index is 0.320. The molecule has 0 aliphatic heterocycles. The minimum Gasteiger partial charge on any atom is -0.414 e. The van der Waals surface area contributed by atoms with Crippen LogP contribution < -0.4 is 5.73 Å². The van der Waals surface area contributed by atoms with Crippen LogP contribution in [-0.4, -0.2) is 16.2 Å². The molecule has 0 spiro atoms. The molecule has 2 rings (SSSR count). The second-order valence-corrected chi connectivity index (χ2v) is 3.25. The number of hydrogen-bond donors (Lipinski definition) is 2. The molecule has 1 saturated carbocycles. The Hall–Kier alpha value is -0.680. The Bertz CT molecular complexity index is 299. The molecular weight excluding hydrogens is 162 g/mol. The lowest BCUT2D eigenvalue weighted by Gasteiger charge is -2.29. The van der Waals surface area contributed by atoms with Crippen LogP contribution in [0.2, 0.25) is 0 Å². The zero-order valence-electron chi connectivity index (χ0n) is 5.91. The molecule has 1 aliphatic carbocycles. The quantitative estimate of drug-likeness (QED) is 0.617. The number of aromatic nitrogens is 2. The second kappa shape index (κ2) is 2.42. The van der Waals surface area contributed by atoms with Gasteiger partial charge in [0.2, 0.25) is 5.89 Å². The predicted octanol–water partition coefficient (Wildman–Crippen LogP) is 0.937. The summed E-state index contributed by atoms with van der Waals surface area (Å²) >= 11 is 4.74. The van der Waals surface area contributed by atoms with Crippen molar-refractivity contribution in [1.29, 1.82) is 0 Å². The van der Waals surface area contributed by atoms with E-state index in [1.165, 1.54) is 0 Å². The topological polar surface area (TPSA) is 67.8 Å². The minimum atomic E-state index is 0.320. The number of nitrogens with one attached hydrogen (secondary N) is 1. The molecule has 0 bridgehead atoms. The van der Waals surface area contributed by atoms with E-state index in [0.717, 1.165) is 12.8 Å². The molecule has 1 aromatic rings. The third-order valence-corrected chi connectivity index (χ3v) is 2.15. The maximum absolute atomic E-state index is 5.61. The van der Waals surface area contributed by atoms with Crippen LogP contribution in [0.25, 0.3) is 0 Å². The molecule has 4 nitrogen and oxygen atoms in total. The molecule has 5 heteroatoms. The standard InChI is InChI=1S/C6H9N3OS/c7-4-1-3(2-4)5-8-9-6(11)10-5/h3-4H,1-2,7H2,(H,9,11). The van der Waals surface area contributed by atoms with E-state index in [9.17, 15) is 0 Å². The van der Waals surface area contributed by atoms with Crippen LogP contribution >= 0.6 is 12.2 Å². The Morgan fingerprint density at radius 2 is 2.36 bits per heavy atom. The molecule has 1 heterocycles. The third kappa shape index (κ3) is 1.21. The molecule has 0 aromatic carbocycles. The van der Waals surface area contributed by atoms with Gasteiger partial charge in [-0.3, -0.25) is 0 Å². The van der Waals surface area contributed by atoms with Crippen molar-refractivity contribution < 1.29 is 4.42 Å². The van der Waals surface area contributed by atoms with E-state index in [4.69, 9.17) is 22.4 Å². The molecule has 0 saturated heterocycles. The predicted molar refractivity (Wildman–Crippen MR) is 41.6 cm³/mol. The molecule has 0 radical (unpaired) electrons. The highest BCUT2D eigenvalue weighted by Crippen LogP contribution is 2.34. The van der Waals surface area contributed by atoms with E-state index in [1.807, 2.05) is 0 Å². The van der Waals surface area contributed by atoms with Gasteiger partial charge in [-0.15, -0.1) is 5.10 Å². The highest BCUT2D eigenvalue weighted by atomic mass is 32.1. The Morgan fingerprint density at radius 1 is 1.64 bits per heavy atom. The lowest BCUT2D eigenvalue weighted by atomic mass is 9.81. The molecular formula is C6H9N3OS. The molecule has 0 amide bonds. The van der Waals surface area contributed by atoms with Gasteiger partial charge in [0.05, 0.1) is 0 Å². The van der Waals surface area contributed by atoms with Gasteiger partial charge in [0.1, 0.15) is 0 Å². The highest BCUT2D eigenvalue weighted by molar-refractivity contribution is 7.71. The summed E-state index contributed by atoms with van der Waals surface area (Å²) in [5.41, 5.74) is 5.61. The molecule has 3 N–H and O–H groups in total. The van der Waals surface area contributed by atoms with Crippen LogP contribution in [0.3, 0.4) is 0 Å². The van der Waals surface area contributed by atoms with E-state index in [-0.39, 0.29) is 0 Å². The summed E-state index contributed by atoms with van der Waals surface area (Å²) in [6.07, 6.45) is 1.92. The van der Waals surface area contributed by atoms with Crippen molar-refractivity contribution in [2.45, 2.75) is 24.8 Å². The molecule has 0 unspecified atom stereocenters. The van der Waals surface area contributed by atoms with Crippen molar-refractivity contribution in [3.8, 4) is 0 Å². The zero-order valence-corrected chi connectivity index (χ0v) is 6.73. The summed E-state index contributed by atoms with van der Waals surface area (Å²) in [5, 5.41) is 6.51. The fourth-order valence-corrected chi connectivity index (χ4v) is 1.41. The third-order valence-electron chi connectivity index (χ3n) is 1.98. The summed E-state index contributed by atoms with van der Waals surface area (Å²) in [7, 11) is 0. The Kier molecular flexibility index (Phi) is 1.54. The number of rotatable bonds is 1. The number of hydrogen-bond acceptors (Lipinski definition) is 4. The number of aromatic amines is 1. The van der Waals surface area contributed by atoms with Gasteiger partial charge >= 0.3 is 0 Å². The Balaban J connectivity index is 2.13. The van der Waals surface area contributed by atoms with Crippen LogP contribution in [0.15, 0.2) is 4.42 Å². The van der Waals surface area contributed by atoms with Crippen molar-refractivity contribution >= 4 is 12.2 Å². The van der Waals surface area contributed by atoms with Gasteiger partial charge in [-0.25, -0.2) is 5.10 Å². The molecule has 1 aromatic heterocycles. The molecule has 0 atom stereocenters. The van der Waals surface area contributed by atoms with Gasteiger partial charge in [0, 0.05) is 12.0 Å². The summed E-state index contributed by atoms with van der Waals surface area (Å²) in [6.45, 7) is 0. The first-order valence-electron chi connectivity index (χ1n) is 3.56. The molecule has 60 valence electrons. The molecule has 1 aliphatic rings. The Morgan fingerprint density at radius 3 is 2.82 bits per heavy atom. The van der Waals surface area contributed by atoms with Crippen LogP contribution in [0.4, 0.5) is 0 Å².